The van der Waals surface area contributed by atoms with Gasteiger partial charge in [-0.3, -0.25) is 4.55 Å². The van der Waals surface area contributed by atoms with Gasteiger partial charge in [0.15, 0.2) is 0 Å². The molecule has 0 aliphatic heterocycles. The summed E-state index contributed by atoms with van der Waals surface area (Å²) in [6.45, 7) is 4.23. The van der Waals surface area contributed by atoms with Crippen molar-refractivity contribution in [3.05, 3.63) is 58.7 Å². The molecule has 9 heteroatoms. The van der Waals surface area contributed by atoms with E-state index in [0.29, 0.717) is 0 Å². The summed E-state index contributed by atoms with van der Waals surface area (Å²) in [5, 5.41) is 0. The van der Waals surface area contributed by atoms with Gasteiger partial charge in [0.2, 0.25) is 0 Å². The van der Waals surface area contributed by atoms with Crippen LogP contribution in [0.4, 0.5) is 18.9 Å². The molecule has 0 aromatic heterocycles. The fourth-order valence-electron chi connectivity index (χ4n) is 2.24. The van der Waals surface area contributed by atoms with Gasteiger partial charge in [-0.05, 0) is 67.1 Å². The highest BCUT2D eigenvalue weighted by molar-refractivity contribution is 7.86. The third kappa shape index (κ3) is 6.76. The molecule has 2 rings (SSSR count). The first-order valence-electron chi connectivity index (χ1n) is 7.88. The lowest BCUT2D eigenvalue weighted by atomic mass is 9.96. The van der Waals surface area contributed by atoms with E-state index in [1.807, 2.05) is 18.2 Å². The van der Waals surface area contributed by atoms with Crippen molar-refractivity contribution >= 4 is 15.8 Å². The van der Waals surface area contributed by atoms with Crippen LogP contribution >= 0.6 is 0 Å². The average Bonchev–Trinajstić information content (AvgIpc) is 2.58. The van der Waals surface area contributed by atoms with E-state index in [-0.39, 0.29) is 0 Å². The number of rotatable bonds is 4. The Morgan fingerprint density at radius 2 is 1.52 bits per heavy atom. The molecule has 150 valence electrons. The normalized spacial score (nSPS) is 11.5. The van der Waals surface area contributed by atoms with Gasteiger partial charge in [0.1, 0.15) is 5.75 Å². The van der Waals surface area contributed by atoms with Gasteiger partial charge in [0, 0.05) is 5.69 Å². The number of nitrogens with two attached hydrogens (primary N) is 1. The Balaban J connectivity index is 0.000000387. The molecule has 27 heavy (non-hydrogen) atoms. The lowest BCUT2D eigenvalue weighted by Crippen LogP contribution is -2.21. The van der Waals surface area contributed by atoms with Gasteiger partial charge in [-0.15, -0.1) is 0 Å². The van der Waals surface area contributed by atoms with Gasteiger partial charge < -0.3 is 10.5 Å². The predicted molar refractivity (Wildman–Crippen MR) is 98.3 cm³/mol. The molecule has 0 saturated heterocycles. The standard InChI is InChI=1S/C17H21NO.CHF3O3S/c1-12-13(2)17(18)11-8-15(12)7-4-14-5-9-16(19-3)10-6-14;2-1(3,4)8(5,6)7/h5-6,8-11H,4,7,18H2,1-3H3;(H,5,6,7). The molecule has 0 atom stereocenters. The van der Waals surface area contributed by atoms with E-state index >= 15 is 0 Å². The smallest absolute Gasteiger partial charge is 0.497 e. The summed E-state index contributed by atoms with van der Waals surface area (Å²) >= 11 is 0. The Bertz CT molecular complexity index is 863. The fraction of sp³-hybridized carbons (Fsp3) is 0.333. The monoisotopic (exact) mass is 405 g/mol. The summed E-state index contributed by atoms with van der Waals surface area (Å²) in [5.74, 6) is 0.906. The molecule has 0 aliphatic rings. The third-order valence-electron chi connectivity index (χ3n) is 4.08. The molecular weight excluding hydrogens is 383 g/mol. The summed E-state index contributed by atoms with van der Waals surface area (Å²) in [6, 6.07) is 12.4. The second kappa shape index (κ2) is 9.09. The number of benzene rings is 2. The van der Waals surface area contributed by atoms with E-state index in [0.717, 1.165) is 24.3 Å². The highest BCUT2D eigenvalue weighted by Gasteiger charge is 2.44. The topological polar surface area (TPSA) is 89.6 Å². The van der Waals surface area contributed by atoms with Crippen molar-refractivity contribution in [3.8, 4) is 5.75 Å². The van der Waals surface area contributed by atoms with Gasteiger partial charge in [0.05, 0.1) is 7.11 Å². The lowest BCUT2D eigenvalue weighted by Gasteiger charge is -2.11. The van der Waals surface area contributed by atoms with E-state index in [1.165, 1.54) is 22.3 Å². The van der Waals surface area contributed by atoms with Crippen LogP contribution < -0.4 is 10.5 Å². The number of anilines is 1. The molecule has 0 spiro atoms. The first-order chi connectivity index (χ1) is 12.4. The molecule has 2 aromatic rings. The van der Waals surface area contributed by atoms with Crippen LogP contribution in [-0.2, 0) is 23.0 Å². The van der Waals surface area contributed by atoms with Crippen LogP contribution in [0.3, 0.4) is 0 Å². The van der Waals surface area contributed by atoms with E-state index in [4.69, 9.17) is 23.4 Å². The second-order valence-corrected chi connectivity index (χ2v) is 7.25. The van der Waals surface area contributed by atoms with Crippen molar-refractivity contribution in [3.63, 3.8) is 0 Å². The van der Waals surface area contributed by atoms with E-state index in [2.05, 4.69) is 32.0 Å². The zero-order valence-electron chi connectivity index (χ0n) is 15.2. The minimum atomic E-state index is -5.84. The largest absolute Gasteiger partial charge is 0.522 e. The SMILES string of the molecule is COc1ccc(CCc2ccc(N)c(C)c2C)cc1.O=S(=O)(O)C(F)(F)F. The maximum absolute atomic E-state index is 10.7. The highest BCUT2D eigenvalue weighted by atomic mass is 32.2. The second-order valence-electron chi connectivity index (χ2n) is 5.83. The van der Waals surface area contributed by atoms with Crippen LogP contribution in [0.1, 0.15) is 22.3 Å². The number of halogens is 3. The van der Waals surface area contributed by atoms with Gasteiger partial charge in [0.25, 0.3) is 0 Å². The Kier molecular flexibility index (Phi) is 7.67. The van der Waals surface area contributed by atoms with Gasteiger partial charge in [-0.25, -0.2) is 0 Å². The number of ether oxygens (including phenoxy) is 1. The van der Waals surface area contributed by atoms with Crippen LogP contribution in [0.2, 0.25) is 0 Å². The summed E-state index contributed by atoms with van der Waals surface area (Å²) in [6.07, 6.45) is 2.08. The Morgan fingerprint density at radius 1 is 1.00 bits per heavy atom. The first kappa shape index (κ1) is 22.8. The van der Waals surface area contributed by atoms with Crippen molar-refractivity contribution < 1.29 is 30.9 Å². The third-order valence-corrected chi connectivity index (χ3v) is 4.66. The number of hydrogen-bond acceptors (Lipinski definition) is 4. The van der Waals surface area contributed by atoms with Crippen LogP contribution in [0, 0.1) is 13.8 Å². The quantitative estimate of drug-likeness (QED) is 0.455. The zero-order valence-corrected chi connectivity index (χ0v) is 16.0. The highest BCUT2D eigenvalue weighted by Crippen LogP contribution is 2.22. The number of nitrogen functional groups attached to an aromatic ring is 1. The minimum absolute atomic E-state index is 0.880. The van der Waals surface area contributed by atoms with Crippen molar-refractivity contribution in [2.24, 2.45) is 0 Å². The number of aryl methyl sites for hydroxylation is 2. The zero-order chi connectivity index (χ0) is 20.8. The average molecular weight is 405 g/mol. The Labute approximate surface area is 156 Å². The molecule has 0 aliphatic carbocycles. The van der Waals surface area contributed by atoms with Gasteiger partial charge in [-0.1, -0.05) is 18.2 Å². The van der Waals surface area contributed by atoms with Crippen molar-refractivity contribution in [2.45, 2.75) is 32.2 Å². The molecule has 0 unspecified atom stereocenters. The Hall–Kier alpha value is -2.26. The number of methoxy groups -OCH3 is 1. The van der Waals surface area contributed by atoms with Crippen LogP contribution in [-0.4, -0.2) is 25.6 Å². The summed E-state index contributed by atoms with van der Waals surface area (Å²) in [5.41, 5.74) is 6.48. The van der Waals surface area contributed by atoms with Crippen LogP contribution in [0.25, 0.3) is 0 Å². The molecular formula is C18H22F3NO4S. The maximum atomic E-state index is 10.7. The van der Waals surface area contributed by atoms with E-state index in [1.54, 1.807) is 7.11 Å². The van der Waals surface area contributed by atoms with E-state index in [9.17, 15) is 13.2 Å². The van der Waals surface area contributed by atoms with Crippen molar-refractivity contribution in [1.82, 2.24) is 0 Å². The Morgan fingerprint density at radius 3 is 1.96 bits per heavy atom. The summed E-state index contributed by atoms with van der Waals surface area (Å²) in [4.78, 5) is 0. The molecule has 0 amide bonds. The van der Waals surface area contributed by atoms with Crippen LogP contribution in [0.15, 0.2) is 36.4 Å². The molecule has 0 saturated carbocycles. The minimum Gasteiger partial charge on any atom is -0.497 e. The lowest BCUT2D eigenvalue weighted by molar-refractivity contribution is -0.0510. The summed E-state index contributed by atoms with van der Waals surface area (Å²) in [7, 11) is -4.15. The van der Waals surface area contributed by atoms with Gasteiger partial charge >= 0.3 is 15.6 Å². The number of hydrogen-bond donors (Lipinski definition) is 2. The molecule has 0 fully saturated rings. The molecule has 0 radical (unpaired) electrons. The molecule has 5 nitrogen and oxygen atoms in total. The molecule has 0 bridgehead atoms. The number of alkyl halides is 3. The van der Waals surface area contributed by atoms with Crippen molar-refractivity contribution in [2.75, 3.05) is 12.8 Å². The first-order valence-corrected chi connectivity index (χ1v) is 9.32. The summed E-state index contributed by atoms with van der Waals surface area (Å²) < 4.78 is 62.7. The van der Waals surface area contributed by atoms with Crippen molar-refractivity contribution in [1.29, 1.82) is 0 Å². The maximum Gasteiger partial charge on any atom is 0.522 e. The van der Waals surface area contributed by atoms with Crippen LogP contribution in [0.5, 0.6) is 5.75 Å². The van der Waals surface area contributed by atoms with E-state index < -0.39 is 15.6 Å². The molecule has 2 aromatic carbocycles. The van der Waals surface area contributed by atoms with Gasteiger partial charge in [-0.2, -0.15) is 21.6 Å². The fourth-order valence-corrected chi connectivity index (χ4v) is 2.24. The predicted octanol–water partition coefficient (Wildman–Crippen LogP) is 4.07. The molecule has 0 heterocycles. The molecule has 3 N–H and O–H groups in total.